The quantitative estimate of drug-likeness (QED) is 0.415. The Kier molecular flexibility index (Phi) is 4.45. The Labute approximate surface area is 73.4 Å². The van der Waals surface area contributed by atoms with E-state index in [-0.39, 0.29) is 5.70 Å². The van der Waals surface area contributed by atoms with Gasteiger partial charge in [-0.05, 0) is 22.0 Å². The van der Waals surface area contributed by atoms with Crippen LogP contribution in [0.2, 0.25) is 0 Å². The molecule has 0 rings (SSSR count). The molecule has 0 aromatic rings. The fraction of sp³-hybridized carbons (Fsp3) is 0.143. The molecule has 0 saturated heterocycles. The van der Waals surface area contributed by atoms with Gasteiger partial charge >= 0.3 is 0 Å². The van der Waals surface area contributed by atoms with Crippen molar-refractivity contribution in [2.45, 2.75) is 6.92 Å². The lowest BCUT2D eigenvalue weighted by Crippen LogP contribution is -1.94. The Balaban J connectivity index is 4.52. The molecular weight excluding hydrogens is 210 g/mol. The van der Waals surface area contributed by atoms with E-state index in [1.807, 2.05) is 0 Å². The van der Waals surface area contributed by atoms with Gasteiger partial charge in [-0.2, -0.15) is 0 Å². The molecule has 11 heavy (non-hydrogen) atoms. The summed E-state index contributed by atoms with van der Waals surface area (Å²) in [5.74, 6) is 0. The highest BCUT2D eigenvalue weighted by molar-refractivity contribution is 9.11. The molecule has 0 radical (unpaired) electrons. The van der Waals surface area contributed by atoms with Gasteiger partial charge in [0.15, 0.2) is 0 Å². The van der Waals surface area contributed by atoms with Crippen molar-refractivity contribution in [2.75, 3.05) is 0 Å². The van der Waals surface area contributed by atoms with Gasteiger partial charge in [0, 0.05) is 6.92 Å². The van der Waals surface area contributed by atoms with Crippen LogP contribution >= 0.6 is 15.9 Å². The van der Waals surface area contributed by atoms with E-state index >= 15 is 0 Å². The molecule has 0 saturated carbocycles. The Hall–Kier alpha value is -0.900. The number of hydrogen-bond donors (Lipinski definition) is 0. The van der Waals surface area contributed by atoms with E-state index in [4.69, 9.17) is 0 Å². The highest BCUT2D eigenvalue weighted by Gasteiger charge is 2.05. The first kappa shape index (κ1) is 10.1. The second-order valence-electron chi connectivity index (χ2n) is 1.79. The van der Waals surface area contributed by atoms with Crippen molar-refractivity contribution < 1.29 is 4.92 Å². The lowest BCUT2D eigenvalue weighted by molar-refractivity contribution is -0.424. The van der Waals surface area contributed by atoms with Crippen molar-refractivity contribution in [2.24, 2.45) is 0 Å². The highest BCUT2D eigenvalue weighted by atomic mass is 79.9. The molecule has 0 unspecified atom stereocenters. The molecule has 0 atom stereocenters. The van der Waals surface area contributed by atoms with Crippen LogP contribution in [0.5, 0.6) is 0 Å². The smallest absolute Gasteiger partial charge is 0.257 e. The fourth-order valence-electron chi connectivity index (χ4n) is 0.360. The van der Waals surface area contributed by atoms with E-state index in [2.05, 4.69) is 22.5 Å². The van der Waals surface area contributed by atoms with Crippen LogP contribution in [-0.4, -0.2) is 4.92 Å². The molecule has 0 aliphatic carbocycles. The molecule has 0 N–H and O–H groups in total. The van der Waals surface area contributed by atoms with Crippen molar-refractivity contribution in [3.05, 3.63) is 45.1 Å². The average molecular weight is 218 g/mol. The molecule has 0 aliphatic rings. The summed E-state index contributed by atoms with van der Waals surface area (Å²) in [4.78, 5) is 9.71. The monoisotopic (exact) mass is 217 g/mol. The average Bonchev–Trinajstić information content (AvgIpc) is 1.98. The summed E-state index contributed by atoms with van der Waals surface area (Å²) in [5, 5.41) is 10.2. The molecular formula is C7H8BrNO2. The predicted molar refractivity (Wildman–Crippen MR) is 48.0 cm³/mol. The third-order valence-electron chi connectivity index (χ3n) is 0.998. The van der Waals surface area contributed by atoms with E-state index in [1.54, 1.807) is 18.2 Å². The van der Waals surface area contributed by atoms with Crippen molar-refractivity contribution in [3.63, 3.8) is 0 Å². The Bertz CT molecular complexity index is 231. The minimum atomic E-state index is -0.447. The number of allylic oxidation sites excluding steroid dienone is 5. The minimum absolute atomic E-state index is 0.0862. The summed E-state index contributed by atoms with van der Waals surface area (Å²) in [6.07, 6.45) is 4.75. The predicted octanol–water partition coefficient (Wildman–Crippen LogP) is 2.63. The largest absolute Gasteiger partial charge is 0.259 e. The van der Waals surface area contributed by atoms with Crippen LogP contribution < -0.4 is 0 Å². The van der Waals surface area contributed by atoms with Gasteiger partial charge in [-0.25, -0.2) is 0 Å². The lowest BCUT2D eigenvalue weighted by atomic mass is 10.4. The Morgan fingerprint density at radius 1 is 1.73 bits per heavy atom. The fourth-order valence-corrected chi connectivity index (χ4v) is 0.658. The zero-order chi connectivity index (χ0) is 8.85. The maximum atomic E-state index is 10.2. The molecule has 0 spiro atoms. The molecule has 0 amide bonds. The zero-order valence-corrected chi connectivity index (χ0v) is 7.67. The molecule has 0 aromatic carbocycles. The van der Waals surface area contributed by atoms with Gasteiger partial charge in [0.05, 0.1) is 9.41 Å². The molecule has 60 valence electrons. The summed E-state index contributed by atoms with van der Waals surface area (Å²) in [6.45, 7) is 4.86. The second kappa shape index (κ2) is 4.85. The first-order chi connectivity index (χ1) is 5.09. The Morgan fingerprint density at radius 3 is 2.64 bits per heavy atom. The van der Waals surface area contributed by atoms with Crippen LogP contribution in [0.3, 0.4) is 0 Å². The van der Waals surface area contributed by atoms with Crippen molar-refractivity contribution in [1.82, 2.24) is 0 Å². The summed E-state index contributed by atoms with van der Waals surface area (Å²) in [6, 6.07) is 0. The third-order valence-corrected chi connectivity index (χ3v) is 1.84. The van der Waals surface area contributed by atoms with Gasteiger partial charge in [0.25, 0.3) is 5.70 Å². The van der Waals surface area contributed by atoms with Crippen LogP contribution in [0.15, 0.2) is 35.0 Å². The van der Waals surface area contributed by atoms with E-state index in [0.717, 1.165) is 0 Å². The first-order valence-electron chi connectivity index (χ1n) is 2.89. The van der Waals surface area contributed by atoms with Gasteiger partial charge in [-0.3, -0.25) is 10.1 Å². The summed E-state index contributed by atoms with van der Waals surface area (Å²) < 4.78 is 0.461. The van der Waals surface area contributed by atoms with E-state index in [9.17, 15) is 10.1 Å². The minimum Gasteiger partial charge on any atom is -0.259 e. The second-order valence-corrected chi connectivity index (χ2v) is 2.64. The first-order valence-corrected chi connectivity index (χ1v) is 3.68. The van der Waals surface area contributed by atoms with Crippen LogP contribution in [-0.2, 0) is 0 Å². The van der Waals surface area contributed by atoms with E-state index < -0.39 is 4.92 Å². The van der Waals surface area contributed by atoms with Gasteiger partial charge < -0.3 is 0 Å². The molecule has 4 heteroatoms. The number of nitrogens with zero attached hydrogens (tertiary/aromatic N) is 1. The summed E-state index contributed by atoms with van der Waals surface area (Å²) in [7, 11) is 0. The number of halogens is 1. The topological polar surface area (TPSA) is 43.1 Å². The maximum absolute atomic E-state index is 10.2. The van der Waals surface area contributed by atoms with E-state index in [0.29, 0.717) is 4.48 Å². The highest BCUT2D eigenvalue weighted by Crippen LogP contribution is 2.13. The number of rotatable bonds is 3. The van der Waals surface area contributed by atoms with Crippen LogP contribution in [0.4, 0.5) is 0 Å². The van der Waals surface area contributed by atoms with Crippen molar-refractivity contribution in [1.29, 1.82) is 0 Å². The SMILES string of the molecule is C=C/C=C\C(Br)=C(/C)[N+](=O)[O-]. The van der Waals surface area contributed by atoms with Crippen molar-refractivity contribution >= 4 is 15.9 Å². The molecule has 0 heterocycles. The third kappa shape index (κ3) is 3.72. The maximum Gasteiger partial charge on any atom is 0.257 e. The molecule has 0 bridgehead atoms. The Morgan fingerprint density at radius 2 is 2.27 bits per heavy atom. The standard InChI is InChI=1S/C7H8BrNO2/c1-3-4-5-7(8)6(2)9(10)11/h3-5H,1H2,2H3/b5-4-,7-6-. The van der Waals surface area contributed by atoms with Gasteiger partial charge in [-0.15, -0.1) is 0 Å². The molecule has 3 nitrogen and oxygen atoms in total. The summed E-state index contributed by atoms with van der Waals surface area (Å²) >= 11 is 3.05. The van der Waals surface area contributed by atoms with Gasteiger partial charge in [0.1, 0.15) is 0 Å². The van der Waals surface area contributed by atoms with Gasteiger partial charge in [-0.1, -0.05) is 18.7 Å². The molecule has 0 fully saturated rings. The number of hydrogen-bond acceptors (Lipinski definition) is 2. The summed E-state index contributed by atoms with van der Waals surface area (Å²) in [5.41, 5.74) is 0.0862. The molecule has 0 aromatic heterocycles. The van der Waals surface area contributed by atoms with Crippen LogP contribution in [0, 0.1) is 10.1 Å². The van der Waals surface area contributed by atoms with Crippen LogP contribution in [0.1, 0.15) is 6.92 Å². The molecule has 0 aliphatic heterocycles. The van der Waals surface area contributed by atoms with E-state index in [1.165, 1.54) is 6.92 Å². The lowest BCUT2D eigenvalue weighted by Gasteiger charge is -1.89. The van der Waals surface area contributed by atoms with Crippen molar-refractivity contribution in [3.8, 4) is 0 Å². The number of nitro groups is 1. The van der Waals surface area contributed by atoms with Gasteiger partial charge in [0.2, 0.25) is 0 Å². The van der Waals surface area contributed by atoms with Crippen LogP contribution in [0.25, 0.3) is 0 Å². The normalized spacial score (nSPS) is 12.9. The zero-order valence-electron chi connectivity index (χ0n) is 6.08.